The molecule has 2 heterocycles. The van der Waals surface area contributed by atoms with E-state index in [2.05, 4.69) is 79.3 Å². The van der Waals surface area contributed by atoms with Crippen LogP contribution in [0.15, 0.2) is 97.2 Å². The predicted octanol–water partition coefficient (Wildman–Crippen LogP) is 7.41. The van der Waals surface area contributed by atoms with Gasteiger partial charge in [0.25, 0.3) is 14.2 Å². The minimum Gasteiger partial charge on any atom is -0.472 e. The van der Waals surface area contributed by atoms with Gasteiger partial charge in [0.05, 0.1) is 13.2 Å². The van der Waals surface area contributed by atoms with E-state index in [9.17, 15) is 9.18 Å². The molecule has 1 N–H and O–H groups in total. The normalized spacial score (nSPS) is 12.6. The quantitative estimate of drug-likeness (QED) is 0.0883. The number of carbonyl (C=O) groups excluding carboxylic acids is 1. The van der Waals surface area contributed by atoms with Crippen LogP contribution in [0, 0.1) is 5.82 Å². The molecule has 3 aromatic carbocycles. The largest absolute Gasteiger partial charge is 0.472 e. The highest BCUT2D eigenvalue weighted by atomic mass is 28.4. The van der Waals surface area contributed by atoms with Crippen molar-refractivity contribution in [3.05, 3.63) is 109 Å². The molecule has 0 amide bonds. The van der Waals surface area contributed by atoms with Crippen molar-refractivity contribution in [2.24, 2.45) is 0 Å². The molecular weight excluding hydrogens is 587 g/mol. The molecule has 5 rings (SSSR count). The Bertz CT molecular complexity index is 1700. The van der Waals surface area contributed by atoms with Crippen molar-refractivity contribution in [2.45, 2.75) is 51.7 Å². The number of hydrogen-bond donors (Lipinski definition) is 1. The van der Waals surface area contributed by atoms with Gasteiger partial charge in [0, 0.05) is 24.3 Å². The Labute approximate surface area is 264 Å². The van der Waals surface area contributed by atoms with Crippen molar-refractivity contribution in [3.8, 4) is 17.4 Å². The molecule has 0 spiro atoms. The van der Waals surface area contributed by atoms with Crippen LogP contribution in [-0.4, -0.2) is 44.1 Å². The number of ether oxygens (including phenoxy) is 3. The molecule has 0 aliphatic rings. The molecule has 0 radical (unpaired) electrons. The van der Waals surface area contributed by atoms with Crippen LogP contribution >= 0.6 is 0 Å². The summed E-state index contributed by atoms with van der Waals surface area (Å²) >= 11 is 0. The number of carbonyl (C=O) groups is 1. The van der Waals surface area contributed by atoms with Gasteiger partial charge in [-0.15, -0.1) is 0 Å². The number of aromatic nitrogens is 2. The summed E-state index contributed by atoms with van der Waals surface area (Å²) in [5.74, 6) is -0.698. The number of H-pyrrole nitrogens is 1. The smallest absolute Gasteiger partial charge is 0.341 e. The third kappa shape index (κ3) is 6.94. The van der Waals surface area contributed by atoms with Crippen LogP contribution < -0.4 is 19.8 Å². The van der Waals surface area contributed by atoms with Crippen LogP contribution in [0.2, 0.25) is 5.04 Å². The molecule has 2 aromatic heterocycles. The molecule has 0 aliphatic heterocycles. The van der Waals surface area contributed by atoms with Crippen LogP contribution in [0.3, 0.4) is 0 Å². The number of methoxy groups -OCH3 is 1. The number of pyridine rings is 1. The number of aromatic amines is 1. The number of hydrogen-bond acceptors (Lipinski definition) is 6. The number of esters is 1. The summed E-state index contributed by atoms with van der Waals surface area (Å²) in [5.41, 5.74) is 0.708. The van der Waals surface area contributed by atoms with Crippen molar-refractivity contribution in [1.29, 1.82) is 0 Å². The standard InChI is InChI=1S/C36H39FN2O5Si/c1-25(13-12-22-42-45(36(2,3)4,28-14-8-6-9-15-28)29-16-10-7-11-17-29)43-34-32(23-26-20-21-38-33(26)39-34)44-31-24-27(37)18-19-30(31)35(40)41-5/h6-11,14-21,23-25H,12-13,22H2,1-5H3,(H,38,39)/t25-/m0/s1. The maximum atomic E-state index is 14.2. The number of nitrogens with one attached hydrogen (secondary N) is 1. The van der Waals surface area contributed by atoms with Gasteiger partial charge in [0.2, 0.25) is 0 Å². The fourth-order valence-corrected chi connectivity index (χ4v) is 10.3. The van der Waals surface area contributed by atoms with Crippen LogP contribution in [0.1, 0.15) is 50.9 Å². The maximum Gasteiger partial charge on any atom is 0.341 e. The molecule has 9 heteroatoms. The SMILES string of the molecule is COC(=O)c1ccc(F)cc1Oc1cc2cc[nH]c2nc1O[C@@H](C)CCCO[Si](c1ccccc1)(c1ccccc1)C(C)(C)C. The van der Waals surface area contributed by atoms with Crippen molar-refractivity contribution in [1.82, 2.24) is 9.97 Å². The van der Waals surface area contributed by atoms with Crippen molar-refractivity contribution < 1.29 is 27.8 Å². The Morgan fingerprint density at radius 3 is 2.22 bits per heavy atom. The van der Waals surface area contributed by atoms with Crippen molar-refractivity contribution >= 4 is 35.7 Å². The fourth-order valence-electron chi connectivity index (χ4n) is 5.69. The monoisotopic (exact) mass is 626 g/mol. The Morgan fingerprint density at radius 2 is 1.60 bits per heavy atom. The number of halogens is 1. The van der Waals surface area contributed by atoms with Gasteiger partial charge < -0.3 is 23.6 Å². The van der Waals surface area contributed by atoms with Gasteiger partial charge in [-0.25, -0.2) is 9.18 Å². The van der Waals surface area contributed by atoms with E-state index in [0.717, 1.165) is 17.9 Å². The van der Waals surface area contributed by atoms with Crippen LogP contribution in [0.5, 0.6) is 17.4 Å². The van der Waals surface area contributed by atoms with E-state index < -0.39 is 20.1 Å². The van der Waals surface area contributed by atoms with Gasteiger partial charge in [0.15, 0.2) is 5.75 Å². The first-order valence-corrected chi connectivity index (χ1v) is 17.0. The number of benzene rings is 3. The Balaban J connectivity index is 1.34. The second-order valence-electron chi connectivity index (χ2n) is 12.0. The number of nitrogens with zero attached hydrogens (tertiary/aromatic N) is 1. The minimum absolute atomic E-state index is 0.00902. The lowest BCUT2D eigenvalue weighted by Crippen LogP contribution is -2.66. The van der Waals surface area contributed by atoms with Gasteiger partial charge in [-0.1, -0.05) is 81.4 Å². The van der Waals surface area contributed by atoms with Gasteiger partial charge in [-0.3, -0.25) is 0 Å². The zero-order valence-corrected chi connectivity index (χ0v) is 27.3. The highest BCUT2D eigenvalue weighted by molar-refractivity contribution is 6.99. The molecule has 0 fully saturated rings. The van der Waals surface area contributed by atoms with E-state index >= 15 is 0 Å². The summed E-state index contributed by atoms with van der Waals surface area (Å²) in [6, 6.07) is 28.4. The van der Waals surface area contributed by atoms with E-state index in [1.165, 1.54) is 29.6 Å². The van der Waals surface area contributed by atoms with Crippen molar-refractivity contribution in [3.63, 3.8) is 0 Å². The molecular formula is C36H39FN2O5Si. The van der Waals surface area contributed by atoms with Gasteiger partial charge in [-0.05, 0) is 59.4 Å². The molecule has 7 nitrogen and oxygen atoms in total. The third-order valence-corrected chi connectivity index (χ3v) is 12.9. The second-order valence-corrected chi connectivity index (χ2v) is 16.3. The Hall–Kier alpha value is -4.47. The molecule has 0 saturated carbocycles. The molecule has 0 bridgehead atoms. The van der Waals surface area contributed by atoms with E-state index in [1.54, 1.807) is 12.3 Å². The predicted molar refractivity (Wildman–Crippen MR) is 177 cm³/mol. The highest BCUT2D eigenvalue weighted by Gasteiger charge is 2.50. The van der Waals surface area contributed by atoms with Crippen LogP contribution in [-0.2, 0) is 9.16 Å². The van der Waals surface area contributed by atoms with Gasteiger partial charge in [0.1, 0.15) is 22.8 Å². The molecule has 234 valence electrons. The zero-order chi connectivity index (χ0) is 32.0. The summed E-state index contributed by atoms with van der Waals surface area (Å²) in [7, 11) is -1.38. The lowest BCUT2D eigenvalue weighted by atomic mass is 10.2. The lowest BCUT2D eigenvalue weighted by molar-refractivity contribution is 0.0597. The summed E-state index contributed by atoms with van der Waals surface area (Å²) in [4.78, 5) is 20.1. The van der Waals surface area contributed by atoms with E-state index in [1.807, 2.05) is 25.1 Å². The van der Waals surface area contributed by atoms with Crippen LogP contribution in [0.4, 0.5) is 4.39 Å². The van der Waals surface area contributed by atoms with Crippen molar-refractivity contribution in [2.75, 3.05) is 13.7 Å². The average Bonchev–Trinajstić information content (AvgIpc) is 3.48. The number of rotatable bonds is 12. The molecule has 45 heavy (non-hydrogen) atoms. The summed E-state index contributed by atoms with van der Waals surface area (Å²) in [6.07, 6.45) is 2.96. The van der Waals surface area contributed by atoms with E-state index in [4.69, 9.17) is 18.6 Å². The third-order valence-electron chi connectivity index (χ3n) is 7.84. The Kier molecular flexibility index (Phi) is 9.70. The first-order chi connectivity index (χ1) is 21.6. The van der Waals surface area contributed by atoms with Gasteiger partial charge in [-0.2, -0.15) is 4.98 Å². The van der Waals surface area contributed by atoms with E-state index in [0.29, 0.717) is 18.7 Å². The second kappa shape index (κ2) is 13.7. The average molecular weight is 627 g/mol. The number of fused-ring (bicyclic) bond motifs is 1. The Morgan fingerprint density at radius 1 is 0.933 bits per heavy atom. The molecule has 0 saturated heterocycles. The fraction of sp³-hybridized carbons (Fsp3) is 0.278. The molecule has 5 aromatic rings. The van der Waals surface area contributed by atoms with Crippen LogP contribution in [0.25, 0.3) is 11.0 Å². The maximum absolute atomic E-state index is 14.2. The summed E-state index contributed by atoms with van der Waals surface area (Å²) in [6.45, 7) is 9.31. The molecule has 0 aliphatic carbocycles. The summed E-state index contributed by atoms with van der Waals surface area (Å²) in [5, 5.41) is 3.14. The minimum atomic E-state index is -2.64. The highest BCUT2D eigenvalue weighted by Crippen LogP contribution is 2.38. The molecule has 1 atom stereocenters. The van der Waals surface area contributed by atoms with E-state index in [-0.39, 0.29) is 34.1 Å². The molecule has 0 unspecified atom stereocenters. The summed E-state index contributed by atoms with van der Waals surface area (Å²) < 4.78 is 38.5. The first kappa shape index (κ1) is 31.9. The topological polar surface area (TPSA) is 82.7 Å². The first-order valence-electron chi connectivity index (χ1n) is 15.1. The zero-order valence-electron chi connectivity index (χ0n) is 26.3. The lowest BCUT2D eigenvalue weighted by Gasteiger charge is -2.43. The van der Waals surface area contributed by atoms with Gasteiger partial charge >= 0.3 is 5.97 Å².